The molecule has 0 unspecified atom stereocenters. The molecule has 1 aliphatic rings. The molecule has 4 nitrogen and oxygen atoms in total. The van der Waals surface area contributed by atoms with Crippen LogP contribution in [0.5, 0.6) is 0 Å². The second-order valence-corrected chi connectivity index (χ2v) is 5.39. The highest BCUT2D eigenvalue weighted by Crippen LogP contribution is 2.29. The highest BCUT2D eigenvalue weighted by atomic mass is 16.3. The summed E-state index contributed by atoms with van der Waals surface area (Å²) in [6, 6.07) is 13.8. The molecule has 0 saturated carbocycles. The zero-order valence-electron chi connectivity index (χ0n) is 11.3. The van der Waals surface area contributed by atoms with Gasteiger partial charge in [0.05, 0.1) is 13.0 Å². The normalized spacial score (nSPS) is 15.5. The van der Waals surface area contributed by atoms with Gasteiger partial charge in [-0.25, -0.2) is 0 Å². The first kappa shape index (κ1) is 12.1. The minimum absolute atomic E-state index is 0.00478. The van der Waals surface area contributed by atoms with E-state index >= 15 is 0 Å². The SMILES string of the molecule is O=C1CC(=O)N(Cc2ccc3oc4ccccc4c3c2)C1. The fourth-order valence-electron chi connectivity index (χ4n) is 2.87. The fourth-order valence-corrected chi connectivity index (χ4v) is 2.87. The lowest BCUT2D eigenvalue weighted by Gasteiger charge is -2.14. The van der Waals surface area contributed by atoms with Crippen molar-refractivity contribution in [2.75, 3.05) is 6.54 Å². The van der Waals surface area contributed by atoms with E-state index in [-0.39, 0.29) is 24.7 Å². The van der Waals surface area contributed by atoms with E-state index in [2.05, 4.69) is 0 Å². The molecule has 1 aromatic heterocycles. The summed E-state index contributed by atoms with van der Waals surface area (Å²) in [5, 5.41) is 2.11. The highest BCUT2D eigenvalue weighted by molar-refractivity contribution is 6.06. The van der Waals surface area contributed by atoms with Gasteiger partial charge in [-0.2, -0.15) is 0 Å². The van der Waals surface area contributed by atoms with Gasteiger partial charge >= 0.3 is 0 Å². The fraction of sp³-hybridized carbons (Fsp3) is 0.176. The quantitative estimate of drug-likeness (QED) is 0.678. The summed E-state index contributed by atoms with van der Waals surface area (Å²) in [4.78, 5) is 24.6. The summed E-state index contributed by atoms with van der Waals surface area (Å²) in [7, 11) is 0. The molecular weight excluding hydrogens is 266 g/mol. The van der Waals surface area contributed by atoms with E-state index in [1.807, 2.05) is 42.5 Å². The molecule has 0 spiro atoms. The molecule has 3 aromatic rings. The van der Waals surface area contributed by atoms with E-state index in [1.54, 1.807) is 4.90 Å². The molecule has 104 valence electrons. The van der Waals surface area contributed by atoms with Crippen LogP contribution >= 0.6 is 0 Å². The van der Waals surface area contributed by atoms with Gasteiger partial charge in [0, 0.05) is 17.3 Å². The van der Waals surface area contributed by atoms with Crippen molar-refractivity contribution < 1.29 is 14.0 Å². The molecule has 0 atom stereocenters. The lowest BCUT2D eigenvalue weighted by atomic mass is 10.1. The number of hydrogen-bond acceptors (Lipinski definition) is 3. The Balaban J connectivity index is 1.74. The standard InChI is InChI=1S/C17H13NO3/c19-12-8-17(20)18(10-12)9-11-5-6-16-14(7-11)13-3-1-2-4-15(13)21-16/h1-7H,8-10H2. The molecule has 0 N–H and O–H groups in total. The number of hydrogen-bond donors (Lipinski definition) is 0. The van der Waals surface area contributed by atoms with Gasteiger partial charge < -0.3 is 9.32 Å². The van der Waals surface area contributed by atoms with Crippen molar-refractivity contribution in [2.24, 2.45) is 0 Å². The van der Waals surface area contributed by atoms with Crippen LogP contribution in [0.4, 0.5) is 0 Å². The van der Waals surface area contributed by atoms with Crippen LogP contribution < -0.4 is 0 Å². The molecule has 2 aromatic carbocycles. The Bertz CT molecular complexity index is 878. The van der Waals surface area contributed by atoms with Crippen molar-refractivity contribution in [2.45, 2.75) is 13.0 Å². The van der Waals surface area contributed by atoms with E-state index in [0.29, 0.717) is 6.54 Å². The second-order valence-electron chi connectivity index (χ2n) is 5.39. The number of para-hydroxylation sites is 1. The van der Waals surface area contributed by atoms with Gasteiger partial charge in [0.15, 0.2) is 5.78 Å². The number of rotatable bonds is 2. The molecule has 1 fully saturated rings. The largest absolute Gasteiger partial charge is 0.456 e. The Morgan fingerprint density at radius 1 is 1.00 bits per heavy atom. The average molecular weight is 279 g/mol. The lowest BCUT2D eigenvalue weighted by Crippen LogP contribution is -2.24. The molecule has 1 amide bonds. The number of carbonyl (C=O) groups excluding carboxylic acids is 2. The molecule has 0 radical (unpaired) electrons. The maximum atomic E-state index is 11.7. The van der Waals surface area contributed by atoms with Gasteiger partial charge in [-0.3, -0.25) is 9.59 Å². The van der Waals surface area contributed by atoms with Crippen molar-refractivity contribution in [1.29, 1.82) is 0 Å². The summed E-state index contributed by atoms with van der Waals surface area (Å²) in [6.07, 6.45) is 0.0386. The van der Waals surface area contributed by atoms with Crippen LogP contribution in [0.25, 0.3) is 21.9 Å². The van der Waals surface area contributed by atoms with Crippen molar-refractivity contribution >= 4 is 33.6 Å². The van der Waals surface area contributed by atoms with Gasteiger partial charge in [0.1, 0.15) is 11.2 Å². The number of ketones is 1. The maximum Gasteiger partial charge on any atom is 0.230 e. The summed E-state index contributed by atoms with van der Waals surface area (Å²) < 4.78 is 5.78. The van der Waals surface area contributed by atoms with Crippen LogP contribution in [0.15, 0.2) is 46.9 Å². The van der Waals surface area contributed by atoms with Gasteiger partial charge in [-0.05, 0) is 23.8 Å². The van der Waals surface area contributed by atoms with Crippen LogP contribution in [-0.4, -0.2) is 23.1 Å². The predicted octanol–water partition coefficient (Wildman–Crippen LogP) is 2.89. The minimum Gasteiger partial charge on any atom is -0.456 e. The van der Waals surface area contributed by atoms with E-state index in [9.17, 15) is 9.59 Å². The van der Waals surface area contributed by atoms with Gasteiger partial charge in [0.2, 0.25) is 5.91 Å². The number of benzene rings is 2. The van der Waals surface area contributed by atoms with Crippen LogP contribution in [0.3, 0.4) is 0 Å². The molecule has 2 heterocycles. The summed E-state index contributed by atoms with van der Waals surface area (Å²) in [5.41, 5.74) is 2.71. The van der Waals surface area contributed by atoms with Crippen LogP contribution in [0.2, 0.25) is 0 Å². The van der Waals surface area contributed by atoms with Crippen LogP contribution in [-0.2, 0) is 16.1 Å². The lowest BCUT2D eigenvalue weighted by molar-refractivity contribution is -0.128. The third-order valence-electron chi connectivity index (χ3n) is 3.88. The summed E-state index contributed by atoms with van der Waals surface area (Å²) in [6.45, 7) is 0.697. The number of fused-ring (bicyclic) bond motifs is 3. The molecule has 0 aliphatic carbocycles. The number of carbonyl (C=O) groups is 2. The zero-order valence-corrected chi connectivity index (χ0v) is 11.3. The van der Waals surface area contributed by atoms with Crippen LogP contribution in [0.1, 0.15) is 12.0 Å². The summed E-state index contributed by atoms with van der Waals surface area (Å²) >= 11 is 0. The molecule has 21 heavy (non-hydrogen) atoms. The number of furan rings is 1. The van der Waals surface area contributed by atoms with Gasteiger partial charge in [-0.15, -0.1) is 0 Å². The Hall–Kier alpha value is -2.62. The molecular formula is C17H13NO3. The van der Waals surface area contributed by atoms with E-state index in [1.165, 1.54) is 0 Å². The van der Waals surface area contributed by atoms with Crippen molar-refractivity contribution in [3.63, 3.8) is 0 Å². The number of nitrogens with zero attached hydrogens (tertiary/aromatic N) is 1. The minimum atomic E-state index is -0.0860. The number of likely N-dealkylation sites (tertiary alicyclic amines) is 1. The predicted molar refractivity (Wildman–Crippen MR) is 78.8 cm³/mol. The Morgan fingerprint density at radius 2 is 1.81 bits per heavy atom. The first-order valence-electron chi connectivity index (χ1n) is 6.90. The smallest absolute Gasteiger partial charge is 0.230 e. The average Bonchev–Trinajstić information content (AvgIpc) is 2.99. The van der Waals surface area contributed by atoms with Gasteiger partial charge in [-0.1, -0.05) is 24.3 Å². The second kappa shape index (κ2) is 4.45. The maximum absolute atomic E-state index is 11.7. The first-order valence-corrected chi connectivity index (χ1v) is 6.90. The molecule has 0 bridgehead atoms. The van der Waals surface area contributed by atoms with E-state index < -0.39 is 0 Å². The number of amides is 1. The molecule has 1 saturated heterocycles. The van der Waals surface area contributed by atoms with E-state index in [4.69, 9.17) is 4.42 Å². The topological polar surface area (TPSA) is 50.5 Å². The monoisotopic (exact) mass is 279 g/mol. The van der Waals surface area contributed by atoms with Crippen molar-refractivity contribution in [3.8, 4) is 0 Å². The number of Topliss-reactive ketones (excluding diaryl/α,β-unsaturated/α-hetero) is 1. The van der Waals surface area contributed by atoms with Crippen molar-refractivity contribution in [1.82, 2.24) is 4.90 Å². The van der Waals surface area contributed by atoms with E-state index in [0.717, 1.165) is 27.5 Å². The third kappa shape index (κ3) is 2.00. The first-order chi connectivity index (χ1) is 10.2. The van der Waals surface area contributed by atoms with Crippen molar-refractivity contribution in [3.05, 3.63) is 48.0 Å². The molecule has 4 rings (SSSR count). The highest BCUT2D eigenvalue weighted by Gasteiger charge is 2.27. The Morgan fingerprint density at radius 3 is 2.62 bits per heavy atom. The Labute approximate surface area is 120 Å². The van der Waals surface area contributed by atoms with Gasteiger partial charge in [0.25, 0.3) is 0 Å². The summed E-state index contributed by atoms with van der Waals surface area (Å²) in [5.74, 6) is -0.0908. The van der Waals surface area contributed by atoms with Crippen LogP contribution in [0, 0.1) is 0 Å². The molecule has 4 heteroatoms. The zero-order chi connectivity index (χ0) is 14.4. The molecule has 1 aliphatic heterocycles. The third-order valence-corrected chi connectivity index (χ3v) is 3.88. The Kier molecular flexibility index (Phi) is 2.57.